The Bertz CT molecular complexity index is 640. The lowest BCUT2D eigenvalue weighted by Crippen LogP contribution is -1.86. The van der Waals surface area contributed by atoms with E-state index in [-0.39, 0.29) is 0 Å². The summed E-state index contributed by atoms with van der Waals surface area (Å²) in [7, 11) is 0. The molecule has 1 heterocycles. The summed E-state index contributed by atoms with van der Waals surface area (Å²) in [5.74, 6) is 0.778. The molecule has 0 fully saturated rings. The SMILES string of the molecule is Cc1cccc2nc(Cc3ccccc3)oc12. The van der Waals surface area contributed by atoms with Crippen molar-refractivity contribution in [1.82, 2.24) is 4.98 Å². The van der Waals surface area contributed by atoms with E-state index in [0.717, 1.165) is 29.0 Å². The van der Waals surface area contributed by atoms with Gasteiger partial charge in [0, 0.05) is 6.42 Å². The van der Waals surface area contributed by atoms with Gasteiger partial charge < -0.3 is 4.42 Å². The Morgan fingerprint density at radius 3 is 2.59 bits per heavy atom. The van der Waals surface area contributed by atoms with Gasteiger partial charge in [0.05, 0.1) is 0 Å². The minimum absolute atomic E-state index is 0.745. The van der Waals surface area contributed by atoms with Crippen molar-refractivity contribution in [3.05, 3.63) is 65.5 Å². The summed E-state index contributed by atoms with van der Waals surface area (Å²) < 4.78 is 5.79. The fourth-order valence-corrected chi connectivity index (χ4v) is 1.98. The second-order valence-electron chi connectivity index (χ2n) is 4.19. The predicted octanol–water partition coefficient (Wildman–Crippen LogP) is 3.73. The molecule has 0 bridgehead atoms. The van der Waals surface area contributed by atoms with Crippen LogP contribution >= 0.6 is 0 Å². The molecule has 84 valence electrons. The van der Waals surface area contributed by atoms with Crippen LogP contribution in [0.4, 0.5) is 0 Å². The molecule has 17 heavy (non-hydrogen) atoms. The van der Waals surface area contributed by atoms with Crippen LogP contribution in [0.2, 0.25) is 0 Å². The molecular formula is C15H13NO. The minimum Gasteiger partial charge on any atom is -0.440 e. The molecule has 3 aromatic rings. The average Bonchev–Trinajstić information content (AvgIpc) is 2.74. The van der Waals surface area contributed by atoms with Crippen LogP contribution < -0.4 is 0 Å². The third kappa shape index (κ3) is 1.94. The number of oxazole rings is 1. The molecule has 2 aromatic carbocycles. The van der Waals surface area contributed by atoms with Crippen LogP contribution in [0.15, 0.2) is 52.9 Å². The number of aryl methyl sites for hydroxylation is 1. The molecule has 0 saturated heterocycles. The van der Waals surface area contributed by atoms with E-state index < -0.39 is 0 Å². The van der Waals surface area contributed by atoms with Crippen molar-refractivity contribution < 1.29 is 4.42 Å². The zero-order valence-corrected chi connectivity index (χ0v) is 9.68. The van der Waals surface area contributed by atoms with E-state index in [9.17, 15) is 0 Å². The first-order valence-corrected chi connectivity index (χ1v) is 5.72. The normalized spacial score (nSPS) is 10.9. The fourth-order valence-electron chi connectivity index (χ4n) is 1.98. The molecule has 3 rings (SSSR count). The van der Waals surface area contributed by atoms with E-state index in [4.69, 9.17) is 4.42 Å². The maximum Gasteiger partial charge on any atom is 0.199 e. The lowest BCUT2D eigenvalue weighted by Gasteiger charge is -1.95. The smallest absolute Gasteiger partial charge is 0.199 e. The largest absolute Gasteiger partial charge is 0.440 e. The van der Waals surface area contributed by atoms with Crippen molar-refractivity contribution in [2.45, 2.75) is 13.3 Å². The summed E-state index contributed by atoms with van der Waals surface area (Å²) in [6.07, 6.45) is 0.745. The minimum atomic E-state index is 0.745. The van der Waals surface area contributed by atoms with Crippen LogP contribution in [0, 0.1) is 6.92 Å². The quantitative estimate of drug-likeness (QED) is 0.661. The molecule has 0 aliphatic rings. The lowest BCUT2D eigenvalue weighted by atomic mass is 10.1. The highest BCUT2D eigenvalue weighted by atomic mass is 16.3. The van der Waals surface area contributed by atoms with Gasteiger partial charge in [-0.1, -0.05) is 42.5 Å². The van der Waals surface area contributed by atoms with E-state index in [1.54, 1.807) is 0 Å². The van der Waals surface area contributed by atoms with Crippen molar-refractivity contribution in [3.63, 3.8) is 0 Å². The van der Waals surface area contributed by atoms with Crippen LogP contribution in [0.3, 0.4) is 0 Å². The topological polar surface area (TPSA) is 26.0 Å². The molecule has 0 aliphatic heterocycles. The van der Waals surface area contributed by atoms with Crippen molar-refractivity contribution in [1.29, 1.82) is 0 Å². The molecule has 2 nitrogen and oxygen atoms in total. The zero-order valence-electron chi connectivity index (χ0n) is 9.68. The van der Waals surface area contributed by atoms with Gasteiger partial charge in [0.2, 0.25) is 0 Å². The van der Waals surface area contributed by atoms with Gasteiger partial charge in [-0.25, -0.2) is 4.98 Å². The number of nitrogens with zero attached hydrogens (tertiary/aromatic N) is 1. The molecule has 0 radical (unpaired) electrons. The monoisotopic (exact) mass is 223 g/mol. The molecule has 0 aliphatic carbocycles. The summed E-state index contributed by atoms with van der Waals surface area (Å²) in [6, 6.07) is 16.3. The van der Waals surface area contributed by atoms with Crippen molar-refractivity contribution >= 4 is 11.1 Å². The van der Waals surface area contributed by atoms with Gasteiger partial charge in [0.1, 0.15) is 5.52 Å². The molecule has 0 saturated carbocycles. The van der Waals surface area contributed by atoms with Crippen LogP contribution in [0.5, 0.6) is 0 Å². The maximum atomic E-state index is 5.79. The zero-order chi connectivity index (χ0) is 11.7. The average molecular weight is 223 g/mol. The standard InChI is InChI=1S/C15H13NO/c1-11-6-5-9-13-15(11)17-14(16-13)10-12-7-3-2-4-8-12/h2-9H,10H2,1H3. The highest BCUT2D eigenvalue weighted by Crippen LogP contribution is 2.20. The van der Waals surface area contributed by atoms with Gasteiger partial charge in [-0.15, -0.1) is 0 Å². The highest BCUT2D eigenvalue weighted by Gasteiger charge is 2.07. The van der Waals surface area contributed by atoms with Crippen molar-refractivity contribution in [2.75, 3.05) is 0 Å². The van der Waals surface area contributed by atoms with E-state index in [0.29, 0.717) is 0 Å². The third-order valence-electron chi connectivity index (χ3n) is 2.85. The Balaban J connectivity index is 1.99. The summed E-state index contributed by atoms with van der Waals surface area (Å²) >= 11 is 0. The summed E-state index contributed by atoms with van der Waals surface area (Å²) in [5.41, 5.74) is 4.19. The maximum absolute atomic E-state index is 5.79. The van der Waals surface area contributed by atoms with Gasteiger partial charge in [-0.05, 0) is 24.1 Å². The second kappa shape index (κ2) is 4.06. The molecule has 0 unspecified atom stereocenters. The second-order valence-corrected chi connectivity index (χ2v) is 4.19. The van der Waals surface area contributed by atoms with Gasteiger partial charge in [0.25, 0.3) is 0 Å². The van der Waals surface area contributed by atoms with Crippen molar-refractivity contribution in [2.24, 2.45) is 0 Å². The van der Waals surface area contributed by atoms with Gasteiger partial charge in [0.15, 0.2) is 11.5 Å². The first-order chi connectivity index (χ1) is 8.33. The molecule has 0 N–H and O–H groups in total. The Hall–Kier alpha value is -2.09. The summed E-state index contributed by atoms with van der Waals surface area (Å²) in [6.45, 7) is 2.04. The van der Waals surface area contributed by atoms with E-state index in [2.05, 4.69) is 17.1 Å². The summed E-state index contributed by atoms with van der Waals surface area (Å²) in [4.78, 5) is 4.50. The van der Waals surface area contributed by atoms with E-state index in [1.165, 1.54) is 5.56 Å². The number of para-hydroxylation sites is 1. The lowest BCUT2D eigenvalue weighted by molar-refractivity contribution is 0.542. The van der Waals surface area contributed by atoms with E-state index >= 15 is 0 Å². The van der Waals surface area contributed by atoms with Crippen LogP contribution in [-0.2, 0) is 6.42 Å². The first-order valence-electron chi connectivity index (χ1n) is 5.72. The molecule has 0 amide bonds. The number of hydrogen-bond acceptors (Lipinski definition) is 2. The van der Waals surface area contributed by atoms with Gasteiger partial charge in [-0.2, -0.15) is 0 Å². The van der Waals surface area contributed by atoms with Gasteiger partial charge >= 0.3 is 0 Å². The van der Waals surface area contributed by atoms with Crippen LogP contribution in [0.25, 0.3) is 11.1 Å². The number of benzene rings is 2. The van der Waals surface area contributed by atoms with Crippen LogP contribution in [0.1, 0.15) is 17.0 Å². The number of hydrogen-bond donors (Lipinski definition) is 0. The highest BCUT2D eigenvalue weighted by molar-refractivity contribution is 5.76. The molecule has 2 heteroatoms. The molecule has 1 aromatic heterocycles. The molecular weight excluding hydrogens is 210 g/mol. The first kappa shape index (κ1) is 10.1. The fraction of sp³-hybridized carbons (Fsp3) is 0.133. The van der Waals surface area contributed by atoms with Gasteiger partial charge in [-0.3, -0.25) is 0 Å². The Morgan fingerprint density at radius 2 is 1.82 bits per heavy atom. The Kier molecular flexibility index (Phi) is 2.41. The predicted molar refractivity (Wildman–Crippen MR) is 68.0 cm³/mol. The summed E-state index contributed by atoms with van der Waals surface area (Å²) in [5, 5.41) is 0. The molecule has 0 spiro atoms. The molecule has 0 atom stereocenters. The van der Waals surface area contributed by atoms with E-state index in [1.807, 2.05) is 43.3 Å². The van der Waals surface area contributed by atoms with Crippen molar-refractivity contribution in [3.8, 4) is 0 Å². The number of rotatable bonds is 2. The van der Waals surface area contributed by atoms with Crippen LogP contribution in [-0.4, -0.2) is 4.98 Å². The Labute approximate surface area is 99.9 Å². The Morgan fingerprint density at radius 1 is 1.00 bits per heavy atom. The third-order valence-corrected chi connectivity index (χ3v) is 2.85. The number of aromatic nitrogens is 1. The number of fused-ring (bicyclic) bond motifs is 1.